The van der Waals surface area contributed by atoms with Crippen LogP contribution in [-0.2, 0) is 0 Å². The third kappa shape index (κ3) is 2.31. The summed E-state index contributed by atoms with van der Waals surface area (Å²) in [6.07, 6.45) is 5.35. The van der Waals surface area contributed by atoms with E-state index in [-0.39, 0.29) is 17.8 Å². The second-order valence-corrected chi connectivity index (χ2v) is 6.48. The Hall–Kier alpha value is -2.00. The van der Waals surface area contributed by atoms with Gasteiger partial charge >= 0.3 is 0 Å². The lowest BCUT2D eigenvalue weighted by Crippen LogP contribution is -2.29. The van der Waals surface area contributed by atoms with Crippen LogP contribution in [0.1, 0.15) is 29.5 Å². The van der Waals surface area contributed by atoms with Gasteiger partial charge in [0.15, 0.2) is 0 Å². The highest BCUT2D eigenvalue weighted by Crippen LogP contribution is 2.54. The second kappa shape index (κ2) is 5.57. The van der Waals surface area contributed by atoms with Gasteiger partial charge in [-0.05, 0) is 42.2 Å². The van der Waals surface area contributed by atoms with Crippen LogP contribution < -0.4 is 10.1 Å². The second-order valence-electron chi connectivity index (χ2n) is 6.07. The summed E-state index contributed by atoms with van der Waals surface area (Å²) < 4.78 is 19.2. The number of hydrogen-bond acceptors (Lipinski definition) is 2. The lowest BCUT2D eigenvalue weighted by atomic mass is 9.77. The van der Waals surface area contributed by atoms with Crippen molar-refractivity contribution < 1.29 is 9.13 Å². The maximum absolute atomic E-state index is 13.7. The van der Waals surface area contributed by atoms with Gasteiger partial charge in [0, 0.05) is 16.5 Å². The molecule has 0 radical (unpaired) electrons. The summed E-state index contributed by atoms with van der Waals surface area (Å²) in [5, 5.41) is 4.30. The molecular formula is C19H17ClFNO. The van der Waals surface area contributed by atoms with E-state index < -0.39 is 0 Å². The molecule has 0 unspecified atom stereocenters. The Morgan fingerprint density at radius 3 is 2.91 bits per heavy atom. The number of benzene rings is 2. The zero-order chi connectivity index (χ0) is 16.0. The first-order valence-electron chi connectivity index (χ1n) is 7.74. The highest BCUT2D eigenvalue weighted by atomic mass is 35.5. The van der Waals surface area contributed by atoms with Gasteiger partial charge in [-0.15, -0.1) is 0 Å². The first kappa shape index (κ1) is 14.6. The molecule has 2 aromatic rings. The van der Waals surface area contributed by atoms with E-state index in [1.54, 1.807) is 19.2 Å². The molecule has 1 aliphatic carbocycles. The predicted molar refractivity (Wildman–Crippen MR) is 90.8 cm³/mol. The fourth-order valence-electron chi connectivity index (χ4n) is 3.84. The molecule has 3 atom stereocenters. The molecule has 4 heteroatoms. The SMILES string of the molecule is COc1ccc(Cl)c2c1N[C@H](c1cccc(F)c1)[C@@H]1CC=C[C@H]21. The van der Waals surface area contributed by atoms with Crippen LogP contribution in [0.3, 0.4) is 0 Å². The van der Waals surface area contributed by atoms with Crippen molar-refractivity contribution in [3.8, 4) is 5.75 Å². The summed E-state index contributed by atoms with van der Waals surface area (Å²) in [7, 11) is 1.65. The van der Waals surface area contributed by atoms with Crippen molar-refractivity contribution in [1.82, 2.24) is 0 Å². The van der Waals surface area contributed by atoms with Crippen LogP contribution in [0.4, 0.5) is 10.1 Å². The van der Waals surface area contributed by atoms with Crippen LogP contribution >= 0.6 is 11.6 Å². The van der Waals surface area contributed by atoms with E-state index in [1.165, 1.54) is 6.07 Å². The van der Waals surface area contributed by atoms with Crippen LogP contribution in [0.2, 0.25) is 5.02 Å². The number of hydrogen-bond donors (Lipinski definition) is 1. The molecular weight excluding hydrogens is 313 g/mol. The summed E-state index contributed by atoms with van der Waals surface area (Å²) in [4.78, 5) is 0. The quantitative estimate of drug-likeness (QED) is 0.753. The van der Waals surface area contributed by atoms with E-state index >= 15 is 0 Å². The largest absolute Gasteiger partial charge is 0.495 e. The molecule has 2 aromatic carbocycles. The Bertz CT molecular complexity index is 789. The van der Waals surface area contributed by atoms with Crippen LogP contribution in [0.25, 0.3) is 0 Å². The molecule has 0 bridgehead atoms. The fraction of sp³-hybridized carbons (Fsp3) is 0.263. The Morgan fingerprint density at radius 2 is 2.13 bits per heavy atom. The Labute approximate surface area is 139 Å². The molecule has 1 aliphatic heterocycles. The highest BCUT2D eigenvalue weighted by molar-refractivity contribution is 6.32. The molecule has 0 fully saturated rings. The van der Waals surface area contributed by atoms with Crippen LogP contribution in [-0.4, -0.2) is 7.11 Å². The topological polar surface area (TPSA) is 21.3 Å². The van der Waals surface area contributed by atoms with Gasteiger partial charge in [-0.25, -0.2) is 4.39 Å². The van der Waals surface area contributed by atoms with Gasteiger partial charge in [0.2, 0.25) is 0 Å². The van der Waals surface area contributed by atoms with Crippen molar-refractivity contribution in [2.45, 2.75) is 18.4 Å². The molecule has 1 N–H and O–H groups in total. The first-order valence-corrected chi connectivity index (χ1v) is 8.12. The molecule has 1 heterocycles. The van der Waals surface area contributed by atoms with E-state index in [0.29, 0.717) is 5.92 Å². The number of fused-ring (bicyclic) bond motifs is 3. The summed E-state index contributed by atoms with van der Waals surface area (Å²) >= 11 is 6.47. The number of methoxy groups -OCH3 is 1. The van der Waals surface area contributed by atoms with E-state index in [1.807, 2.05) is 18.2 Å². The van der Waals surface area contributed by atoms with E-state index in [4.69, 9.17) is 16.3 Å². The smallest absolute Gasteiger partial charge is 0.142 e. The number of allylic oxidation sites excluding steroid dienone is 2. The maximum Gasteiger partial charge on any atom is 0.142 e. The van der Waals surface area contributed by atoms with Crippen LogP contribution in [0.15, 0.2) is 48.6 Å². The van der Waals surface area contributed by atoms with Gasteiger partial charge in [0.1, 0.15) is 11.6 Å². The van der Waals surface area contributed by atoms with Crippen molar-refractivity contribution in [1.29, 1.82) is 0 Å². The number of rotatable bonds is 2. The predicted octanol–water partition coefficient (Wildman–Crippen LogP) is 5.31. The van der Waals surface area contributed by atoms with Gasteiger partial charge in [-0.1, -0.05) is 35.9 Å². The van der Waals surface area contributed by atoms with Gasteiger partial charge in [0.05, 0.1) is 18.8 Å². The average molecular weight is 330 g/mol. The molecule has 0 spiro atoms. The Balaban J connectivity index is 1.86. The molecule has 2 nitrogen and oxygen atoms in total. The van der Waals surface area contributed by atoms with E-state index in [0.717, 1.165) is 34.0 Å². The molecule has 0 saturated carbocycles. The van der Waals surface area contributed by atoms with Crippen LogP contribution in [0, 0.1) is 11.7 Å². The summed E-state index contributed by atoms with van der Waals surface area (Å²) in [5.74, 6) is 1.11. The van der Waals surface area contributed by atoms with Crippen molar-refractivity contribution in [3.63, 3.8) is 0 Å². The third-order valence-corrected chi connectivity index (χ3v) is 5.19. The summed E-state index contributed by atoms with van der Waals surface area (Å²) in [5.41, 5.74) is 2.95. The van der Waals surface area contributed by atoms with Crippen molar-refractivity contribution >= 4 is 17.3 Å². The molecule has 0 saturated heterocycles. The Kier molecular flexibility index (Phi) is 3.53. The zero-order valence-corrected chi connectivity index (χ0v) is 13.5. The van der Waals surface area contributed by atoms with Gasteiger partial charge in [0.25, 0.3) is 0 Å². The number of halogens is 2. The molecule has 118 valence electrons. The van der Waals surface area contributed by atoms with Crippen LogP contribution in [0.5, 0.6) is 5.75 Å². The fourth-order valence-corrected chi connectivity index (χ4v) is 4.12. The minimum absolute atomic E-state index is 0.0329. The first-order chi connectivity index (χ1) is 11.2. The highest BCUT2D eigenvalue weighted by Gasteiger charge is 2.40. The number of nitrogens with one attached hydrogen (secondary N) is 1. The molecule has 0 aromatic heterocycles. The monoisotopic (exact) mass is 329 g/mol. The van der Waals surface area contributed by atoms with Crippen molar-refractivity contribution in [2.75, 3.05) is 12.4 Å². The van der Waals surface area contributed by atoms with Crippen molar-refractivity contribution in [2.24, 2.45) is 5.92 Å². The van der Waals surface area contributed by atoms with Gasteiger partial charge in [-0.3, -0.25) is 0 Å². The van der Waals surface area contributed by atoms with E-state index in [2.05, 4.69) is 17.5 Å². The molecule has 4 rings (SSSR count). The van der Waals surface area contributed by atoms with Crippen molar-refractivity contribution in [3.05, 3.63) is 70.5 Å². The molecule has 23 heavy (non-hydrogen) atoms. The van der Waals surface area contributed by atoms with E-state index in [9.17, 15) is 4.39 Å². The van der Waals surface area contributed by atoms with Gasteiger partial charge < -0.3 is 10.1 Å². The minimum atomic E-state index is -0.212. The molecule has 2 aliphatic rings. The lowest BCUT2D eigenvalue weighted by molar-refractivity contribution is 0.397. The maximum atomic E-state index is 13.7. The standard InChI is InChI=1S/C19H17ClFNO/c1-23-16-9-8-15(20)17-13-6-3-7-14(13)18(22-19(16)17)11-4-2-5-12(21)10-11/h2-6,8-10,13-14,18,22H,7H2,1H3/t13-,14+,18+/m0/s1. The lowest BCUT2D eigenvalue weighted by Gasteiger charge is -2.38. The third-order valence-electron chi connectivity index (χ3n) is 4.86. The number of ether oxygens (including phenoxy) is 1. The zero-order valence-electron chi connectivity index (χ0n) is 12.7. The summed E-state index contributed by atoms with van der Waals surface area (Å²) in [6, 6.07) is 10.6. The molecule has 0 amide bonds. The normalized spacial score (nSPS) is 24.7. The summed E-state index contributed by atoms with van der Waals surface area (Å²) in [6.45, 7) is 0. The Morgan fingerprint density at radius 1 is 1.26 bits per heavy atom. The minimum Gasteiger partial charge on any atom is -0.495 e. The van der Waals surface area contributed by atoms with Gasteiger partial charge in [-0.2, -0.15) is 0 Å². The number of anilines is 1. The average Bonchev–Trinajstić information content (AvgIpc) is 3.03.